The van der Waals surface area contributed by atoms with Crippen molar-refractivity contribution < 1.29 is 9.61 Å². The van der Waals surface area contributed by atoms with E-state index in [-0.39, 0.29) is 5.04 Å². The largest absolute Gasteiger partial charge is 0.366 e. The summed E-state index contributed by atoms with van der Waals surface area (Å²) in [5.41, 5.74) is 0. The Labute approximate surface area is 67.8 Å². The highest BCUT2D eigenvalue weighted by Gasteiger charge is 2.40. The first-order valence-electron chi connectivity index (χ1n) is 3.50. The Bertz CT molecular complexity index is 162. The molecule has 0 aromatic heterocycles. The van der Waals surface area contributed by atoms with Crippen molar-refractivity contribution in [3.63, 3.8) is 0 Å². The maximum Gasteiger partial charge on any atom is 0.284 e. The van der Waals surface area contributed by atoms with E-state index in [4.69, 9.17) is 0 Å². The van der Waals surface area contributed by atoms with Crippen molar-refractivity contribution in [2.45, 2.75) is 38.9 Å². The van der Waals surface area contributed by atoms with Crippen LogP contribution < -0.4 is 0 Å². The maximum atomic E-state index is 10.1. The minimum atomic E-state index is -2.17. The van der Waals surface area contributed by atoms with Gasteiger partial charge in [0.2, 0.25) is 0 Å². The van der Waals surface area contributed by atoms with Crippen LogP contribution in [0.25, 0.3) is 0 Å². The van der Waals surface area contributed by atoms with Crippen LogP contribution in [0.15, 0.2) is 0 Å². The molecule has 0 heterocycles. The van der Waals surface area contributed by atoms with E-state index in [0.29, 0.717) is 0 Å². The summed E-state index contributed by atoms with van der Waals surface area (Å²) in [4.78, 5) is 10.1. The molecule has 0 aromatic rings. The molecule has 0 radical (unpaired) electrons. The number of rotatable bonds is 2. The van der Waals surface area contributed by atoms with Gasteiger partial charge in [-0.25, -0.2) is 0 Å². The molecule has 0 aliphatic carbocycles. The lowest BCUT2D eigenvalue weighted by atomic mass is 10.2. The Balaban J connectivity index is 4.34. The van der Waals surface area contributed by atoms with Gasteiger partial charge in [0.05, 0.1) is 0 Å². The van der Waals surface area contributed by atoms with Crippen LogP contribution in [-0.4, -0.2) is 13.4 Å². The van der Waals surface area contributed by atoms with Gasteiger partial charge >= 0.3 is 0 Å². The molecule has 11 heavy (non-hydrogen) atoms. The van der Waals surface area contributed by atoms with Gasteiger partial charge in [0, 0.05) is 0 Å². The van der Waals surface area contributed by atoms with E-state index in [9.17, 15) is 10.1 Å². The van der Waals surface area contributed by atoms with Crippen molar-refractivity contribution in [1.29, 1.82) is 0 Å². The molecule has 0 rings (SSSR count). The van der Waals surface area contributed by atoms with Crippen molar-refractivity contribution in [1.82, 2.24) is 0 Å². The van der Waals surface area contributed by atoms with E-state index in [2.05, 4.69) is 4.53 Å². The third-order valence-corrected chi connectivity index (χ3v) is 6.33. The second kappa shape index (κ2) is 2.81. The van der Waals surface area contributed by atoms with E-state index >= 15 is 0 Å². The molecule has 66 valence electrons. The van der Waals surface area contributed by atoms with Gasteiger partial charge < -0.3 is 4.53 Å². The fourth-order valence-corrected chi connectivity index (χ4v) is 0.970. The van der Waals surface area contributed by atoms with Gasteiger partial charge in [-0.1, -0.05) is 20.8 Å². The Hall–Kier alpha value is -0.583. The average molecular weight is 177 g/mol. The molecule has 0 bridgehead atoms. The molecule has 5 heteroatoms. The van der Waals surface area contributed by atoms with Gasteiger partial charge in [-0.15, -0.1) is 10.1 Å². The molecule has 4 nitrogen and oxygen atoms in total. The fourth-order valence-electron chi connectivity index (χ4n) is 0.323. The van der Waals surface area contributed by atoms with Crippen LogP contribution in [0.1, 0.15) is 20.8 Å². The number of hydrogen-bond donors (Lipinski definition) is 0. The molecule has 0 atom stereocenters. The van der Waals surface area contributed by atoms with Crippen molar-refractivity contribution in [3.05, 3.63) is 10.1 Å². The molecule has 0 spiro atoms. The van der Waals surface area contributed by atoms with Gasteiger partial charge in [0.1, 0.15) is 0 Å². The zero-order valence-corrected chi connectivity index (χ0v) is 8.67. The first kappa shape index (κ1) is 10.4. The molecule has 0 saturated heterocycles. The summed E-state index contributed by atoms with van der Waals surface area (Å²) in [6, 6.07) is 0. The second-order valence-corrected chi connectivity index (χ2v) is 8.78. The van der Waals surface area contributed by atoms with E-state index in [1.165, 1.54) is 0 Å². The van der Waals surface area contributed by atoms with Crippen LogP contribution in [0.3, 0.4) is 0 Å². The summed E-state index contributed by atoms with van der Waals surface area (Å²) in [5, 5.41) is 9.30. The summed E-state index contributed by atoms with van der Waals surface area (Å²) in [6.07, 6.45) is 0. The topological polar surface area (TPSA) is 52.4 Å². The predicted octanol–water partition coefficient (Wildman–Crippen LogP) is 2.20. The van der Waals surface area contributed by atoms with Gasteiger partial charge in [-0.3, -0.25) is 0 Å². The minimum Gasteiger partial charge on any atom is -0.366 e. The summed E-state index contributed by atoms with van der Waals surface area (Å²) in [7, 11) is -2.17. The summed E-state index contributed by atoms with van der Waals surface area (Å²) in [6.45, 7) is 9.57. The van der Waals surface area contributed by atoms with E-state index in [1.54, 1.807) is 0 Å². The number of nitrogens with zero attached hydrogens (tertiary/aromatic N) is 1. The Morgan fingerprint density at radius 3 is 1.82 bits per heavy atom. The highest BCUT2D eigenvalue weighted by atomic mass is 28.4. The highest BCUT2D eigenvalue weighted by molar-refractivity contribution is 6.73. The summed E-state index contributed by atoms with van der Waals surface area (Å²) >= 11 is 0. The van der Waals surface area contributed by atoms with Crippen molar-refractivity contribution in [2.24, 2.45) is 0 Å². The number of hydrogen-bond acceptors (Lipinski definition) is 3. The molecule has 0 fully saturated rings. The Morgan fingerprint density at radius 2 is 1.73 bits per heavy atom. The van der Waals surface area contributed by atoms with Crippen molar-refractivity contribution >= 4 is 8.32 Å². The lowest BCUT2D eigenvalue weighted by Crippen LogP contribution is -2.42. The summed E-state index contributed by atoms with van der Waals surface area (Å²) < 4.78 is 4.66. The van der Waals surface area contributed by atoms with Gasteiger partial charge in [0.25, 0.3) is 13.4 Å². The monoisotopic (exact) mass is 177 g/mol. The van der Waals surface area contributed by atoms with Gasteiger partial charge in [0.15, 0.2) is 0 Å². The zero-order valence-electron chi connectivity index (χ0n) is 7.67. The Morgan fingerprint density at radius 1 is 1.36 bits per heavy atom. The molecule has 0 aliphatic rings. The summed E-state index contributed by atoms with van der Waals surface area (Å²) in [5.74, 6) is 0. The van der Waals surface area contributed by atoms with Crippen molar-refractivity contribution in [2.75, 3.05) is 0 Å². The predicted molar refractivity (Wildman–Crippen MR) is 45.3 cm³/mol. The molecule has 0 amide bonds. The van der Waals surface area contributed by atoms with Crippen LogP contribution in [0, 0.1) is 10.1 Å². The lowest BCUT2D eigenvalue weighted by molar-refractivity contribution is -0.721. The Kier molecular flexibility index (Phi) is 2.66. The molecule has 0 N–H and O–H groups in total. The quantitative estimate of drug-likeness (QED) is 0.369. The van der Waals surface area contributed by atoms with Crippen LogP contribution >= 0.6 is 0 Å². The highest BCUT2D eigenvalue weighted by Crippen LogP contribution is 2.36. The van der Waals surface area contributed by atoms with Crippen LogP contribution in [0.2, 0.25) is 18.1 Å². The minimum absolute atomic E-state index is 0.0972. The zero-order chi connectivity index (χ0) is 9.28. The molecule has 0 unspecified atom stereocenters. The second-order valence-electron chi connectivity index (χ2n) is 4.08. The van der Waals surface area contributed by atoms with Crippen LogP contribution in [0.5, 0.6) is 0 Å². The molecular weight excluding hydrogens is 162 g/mol. The normalized spacial score (nSPS) is 12.8. The van der Waals surface area contributed by atoms with Gasteiger partial charge in [-0.2, -0.15) is 0 Å². The standard InChI is InChI=1S/C6H15NO3Si/c1-6(2,3)11(4,5)10-7(8)9/h1-5H3. The van der Waals surface area contributed by atoms with Crippen LogP contribution in [-0.2, 0) is 4.53 Å². The molecule has 0 saturated carbocycles. The van der Waals surface area contributed by atoms with E-state index in [0.717, 1.165) is 0 Å². The molecular formula is C6H15NO3Si. The van der Waals surface area contributed by atoms with Crippen LogP contribution in [0.4, 0.5) is 0 Å². The van der Waals surface area contributed by atoms with Gasteiger partial charge in [-0.05, 0) is 18.1 Å². The van der Waals surface area contributed by atoms with E-state index < -0.39 is 13.4 Å². The maximum absolute atomic E-state index is 10.1. The SMILES string of the molecule is CC(C)(C)[Si](C)(C)O[N+](=O)[O-]. The first-order chi connectivity index (χ1) is 4.67. The first-order valence-corrected chi connectivity index (χ1v) is 6.41. The smallest absolute Gasteiger partial charge is 0.284 e. The third kappa shape index (κ3) is 2.88. The van der Waals surface area contributed by atoms with Crippen molar-refractivity contribution in [3.8, 4) is 0 Å². The van der Waals surface area contributed by atoms with E-state index in [1.807, 2.05) is 33.9 Å². The lowest BCUT2D eigenvalue weighted by Gasteiger charge is -2.33. The molecule has 0 aromatic carbocycles. The fraction of sp³-hybridized carbons (Fsp3) is 1.00. The average Bonchev–Trinajstić information content (AvgIpc) is 1.56. The third-order valence-electron chi connectivity index (χ3n) is 2.11. The molecule has 0 aliphatic heterocycles.